The number of anilines is 1. The predicted molar refractivity (Wildman–Crippen MR) is 162 cm³/mol. The number of amides is 2. The molecule has 1 heterocycles. The summed E-state index contributed by atoms with van der Waals surface area (Å²) in [7, 11) is 0. The van der Waals surface area contributed by atoms with E-state index in [-0.39, 0.29) is 36.8 Å². The van der Waals surface area contributed by atoms with Crippen LogP contribution in [0.25, 0.3) is 11.3 Å². The Hall–Kier alpha value is -4.48. The second-order valence-corrected chi connectivity index (χ2v) is 11.6. The van der Waals surface area contributed by atoms with Crippen molar-refractivity contribution in [2.24, 2.45) is 0 Å². The van der Waals surface area contributed by atoms with E-state index in [2.05, 4.69) is 15.7 Å². The minimum atomic E-state index is -1.27. The predicted octanol–water partition coefficient (Wildman–Crippen LogP) is 6.60. The first-order valence-corrected chi connectivity index (χ1v) is 14.1. The fraction of sp³-hybridized carbons (Fsp3) is 0.226. The van der Waals surface area contributed by atoms with Gasteiger partial charge in [-0.2, -0.15) is 5.10 Å². The van der Waals surface area contributed by atoms with Gasteiger partial charge in [-0.15, -0.1) is 0 Å². The van der Waals surface area contributed by atoms with Gasteiger partial charge in [0.15, 0.2) is 11.6 Å². The Morgan fingerprint density at radius 3 is 2.20 bits per heavy atom. The molecule has 0 radical (unpaired) electrons. The molecule has 44 heavy (non-hydrogen) atoms. The number of nitrogens with zero attached hydrogens (tertiary/aromatic N) is 2. The lowest BCUT2D eigenvalue weighted by atomic mass is 10.1. The van der Waals surface area contributed by atoms with Crippen LogP contribution in [0, 0.1) is 11.6 Å². The number of ether oxygens (including phenoxy) is 1. The highest BCUT2D eigenvalue weighted by Crippen LogP contribution is 2.29. The van der Waals surface area contributed by atoms with Crippen molar-refractivity contribution in [1.82, 2.24) is 15.1 Å². The van der Waals surface area contributed by atoms with Gasteiger partial charge < -0.3 is 20.5 Å². The molecule has 9 nitrogen and oxygen atoms in total. The third-order valence-corrected chi connectivity index (χ3v) is 6.48. The SMILES string of the molecule is CC(C)(C)OC(=O)CCNC(=O)c1ccc(Cn2nc(-c3cc(Cl)cc(Cl)c3)cc2C(=O)Nc2cc(F)c(F)cc2O)cc1. The maximum atomic E-state index is 13.8. The van der Waals surface area contributed by atoms with Gasteiger partial charge in [0.05, 0.1) is 24.3 Å². The number of halogens is 4. The molecular weight excluding hydrogens is 617 g/mol. The number of aromatic hydroxyl groups is 1. The van der Waals surface area contributed by atoms with E-state index in [1.807, 2.05) is 0 Å². The van der Waals surface area contributed by atoms with Crippen LogP contribution in [0.4, 0.5) is 14.5 Å². The molecule has 0 fully saturated rings. The largest absolute Gasteiger partial charge is 0.506 e. The molecule has 0 unspecified atom stereocenters. The second kappa shape index (κ2) is 13.4. The molecule has 3 N–H and O–H groups in total. The minimum absolute atomic E-state index is 0.0178. The smallest absolute Gasteiger partial charge is 0.308 e. The molecule has 3 aromatic carbocycles. The molecule has 0 aliphatic carbocycles. The molecule has 230 valence electrons. The van der Waals surface area contributed by atoms with Crippen molar-refractivity contribution in [3.63, 3.8) is 0 Å². The Kier molecular flexibility index (Phi) is 9.91. The number of phenolic OH excluding ortho intramolecular Hbond substituents is 1. The number of hydrogen-bond acceptors (Lipinski definition) is 6. The number of rotatable bonds is 9. The molecule has 4 aromatic rings. The fourth-order valence-electron chi connectivity index (χ4n) is 4.09. The van der Waals surface area contributed by atoms with E-state index in [1.165, 1.54) is 10.7 Å². The van der Waals surface area contributed by atoms with Crippen molar-refractivity contribution in [3.05, 3.63) is 99.2 Å². The van der Waals surface area contributed by atoms with Crippen molar-refractivity contribution in [3.8, 4) is 17.0 Å². The summed E-state index contributed by atoms with van der Waals surface area (Å²) in [5.41, 5.74) is 0.937. The fourth-order valence-corrected chi connectivity index (χ4v) is 4.62. The van der Waals surface area contributed by atoms with Crippen molar-refractivity contribution in [2.45, 2.75) is 39.3 Å². The lowest BCUT2D eigenvalue weighted by molar-refractivity contribution is -0.154. The average Bonchev–Trinajstić information content (AvgIpc) is 3.34. The molecule has 0 atom stereocenters. The molecule has 1 aromatic heterocycles. The lowest BCUT2D eigenvalue weighted by Crippen LogP contribution is -2.29. The summed E-state index contributed by atoms with van der Waals surface area (Å²) in [6.07, 6.45) is 0.0216. The van der Waals surface area contributed by atoms with Crippen LogP contribution in [0.5, 0.6) is 5.75 Å². The summed E-state index contributed by atoms with van der Waals surface area (Å²) in [6.45, 7) is 5.45. The number of nitrogens with one attached hydrogen (secondary N) is 2. The van der Waals surface area contributed by atoms with E-state index >= 15 is 0 Å². The highest BCUT2D eigenvalue weighted by molar-refractivity contribution is 6.35. The van der Waals surface area contributed by atoms with Gasteiger partial charge in [0.2, 0.25) is 0 Å². The number of carbonyl (C=O) groups excluding carboxylic acids is 3. The minimum Gasteiger partial charge on any atom is -0.506 e. The van der Waals surface area contributed by atoms with Gasteiger partial charge >= 0.3 is 5.97 Å². The van der Waals surface area contributed by atoms with Gasteiger partial charge in [0, 0.05) is 39.8 Å². The van der Waals surface area contributed by atoms with E-state index in [4.69, 9.17) is 27.9 Å². The Bertz CT molecular complexity index is 1700. The number of aromatic nitrogens is 2. The van der Waals surface area contributed by atoms with E-state index in [0.29, 0.717) is 44.6 Å². The van der Waals surface area contributed by atoms with Gasteiger partial charge in [-0.25, -0.2) is 8.78 Å². The number of benzene rings is 3. The Morgan fingerprint density at radius 2 is 1.57 bits per heavy atom. The molecule has 0 saturated heterocycles. The zero-order valence-electron chi connectivity index (χ0n) is 23.9. The number of hydrogen-bond donors (Lipinski definition) is 3. The average molecular weight is 645 g/mol. The van der Waals surface area contributed by atoms with E-state index in [0.717, 1.165) is 0 Å². The molecule has 0 bridgehead atoms. The summed E-state index contributed by atoms with van der Waals surface area (Å²) in [6, 6.07) is 13.9. The lowest BCUT2D eigenvalue weighted by Gasteiger charge is -2.19. The summed E-state index contributed by atoms with van der Waals surface area (Å²) in [4.78, 5) is 37.7. The zero-order valence-corrected chi connectivity index (χ0v) is 25.4. The van der Waals surface area contributed by atoms with Gasteiger partial charge in [0.1, 0.15) is 17.0 Å². The first kappa shape index (κ1) is 32.4. The first-order valence-electron chi connectivity index (χ1n) is 13.3. The maximum Gasteiger partial charge on any atom is 0.308 e. The number of carbonyl (C=O) groups is 3. The van der Waals surface area contributed by atoms with Crippen LogP contribution in [0.1, 0.15) is 53.6 Å². The standard InChI is InChI=1S/C31H28Cl2F2N4O5/c1-31(2,3)44-28(41)8-9-36-29(42)18-6-4-17(5-7-18)16-39-26(15-24(38-39)19-10-20(32)12-21(33)11-19)30(43)37-25-13-22(34)23(35)14-27(25)40/h4-7,10-15,40H,8-9,16H2,1-3H3,(H,36,42)(H,37,43). The van der Waals surface area contributed by atoms with Crippen LogP contribution in [0.3, 0.4) is 0 Å². The molecule has 0 spiro atoms. The van der Waals surface area contributed by atoms with Crippen LogP contribution < -0.4 is 10.6 Å². The topological polar surface area (TPSA) is 123 Å². The van der Waals surface area contributed by atoms with Crippen molar-refractivity contribution >= 4 is 46.7 Å². The van der Waals surface area contributed by atoms with Crippen molar-refractivity contribution < 1.29 is 33.0 Å². The molecule has 0 saturated carbocycles. The quantitative estimate of drug-likeness (QED) is 0.139. The Morgan fingerprint density at radius 1 is 0.932 bits per heavy atom. The van der Waals surface area contributed by atoms with Gasteiger partial charge in [-0.1, -0.05) is 35.3 Å². The molecule has 4 rings (SSSR count). The molecule has 0 aliphatic heterocycles. The van der Waals surface area contributed by atoms with E-state index in [9.17, 15) is 28.3 Å². The summed E-state index contributed by atoms with van der Waals surface area (Å²) < 4.78 is 33.9. The number of esters is 1. The molecule has 0 aliphatic rings. The second-order valence-electron chi connectivity index (χ2n) is 10.8. The van der Waals surface area contributed by atoms with Crippen LogP contribution in [0.15, 0.2) is 60.7 Å². The van der Waals surface area contributed by atoms with Crippen molar-refractivity contribution in [2.75, 3.05) is 11.9 Å². The Balaban J connectivity index is 1.54. The third-order valence-electron chi connectivity index (χ3n) is 6.04. The highest BCUT2D eigenvalue weighted by Gasteiger charge is 2.20. The summed E-state index contributed by atoms with van der Waals surface area (Å²) in [5, 5.41) is 20.3. The van der Waals surface area contributed by atoms with Crippen LogP contribution in [-0.4, -0.2) is 44.8 Å². The van der Waals surface area contributed by atoms with Crippen LogP contribution in [0.2, 0.25) is 10.0 Å². The molecular formula is C31H28Cl2F2N4O5. The maximum absolute atomic E-state index is 13.8. The van der Waals surface area contributed by atoms with Crippen LogP contribution >= 0.6 is 23.2 Å². The Labute approximate surface area is 261 Å². The van der Waals surface area contributed by atoms with E-state index in [1.54, 1.807) is 63.2 Å². The monoisotopic (exact) mass is 644 g/mol. The van der Waals surface area contributed by atoms with Gasteiger partial charge in [-0.3, -0.25) is 19.1 Å². The highest BCUT2D eigenvalue weighted by atomic mass is 35.5. The van der Waals surface area contributed by atoms with E-state index < -0.39 is 34.9 Å². The normalized spacial score (nSPS) is 11.2. The van der Waals surface area contributed by atoms with Gasteiger partial charge in [-0.05, 0) is 62.7 Å². The zero-order chi connectivity index (χ0) is 32.2. The first-order chi connectivity index (χ1) is 20.7. The summed E-state index contributed by atoms with van der Waals surface area (Å²) in [5.74, 6) is -4.76. The summed E-state index contributed by atoms with van der Waals surface area (Å²) >= 11 is 12.3. The molecule has 13 heteroatoms. The van der Waals surface area contributed by atoms with Crippen molar-refractivity contribution in [1.29, 1.82) is 0 Å². The third kappa shape index (κ3) is 8.55. The van der Waals surface area contributed by atoms with Crippen LogP contribution in [-0.2, 0) is 16.1 Å². The van der Waals surface area contributed by atoms with Gasteiger partial charge in [0.25, 0.3) is 11.8 Å². The number of phenols is 1. The molecule has 2 amide bonds.